The van der Waals surface area contributed by atoms with Gasteiger partial charge in [0.05, 0.1) is 5.41 Å². The lowest BCUT2D eigenvalue weighted by atomic mass is 9.78. The molecule has 1 saturated carbocycles. The highest BCUT2D eigenvalue weighted by molar-refractivity contribution is 5.74. The van der Waals surface area contributed by atoms with E-state index in [0.717, 1.165) is 38.7 Å². The van der Waals surface area contributed by atoms with E-state index in [-0.39, 0.29) is 0 Å². The summed E-state index contributed by atoms with van der Waals surface area (Å²) < 4.78 is 5.60. The van der Waals surface area contributed by atoms with Crippen molar-refractivity contribution in [2.45, 2.75) is 65.2 Å². The van der Waals surface area contributed by atoms with Gasteiger partial charge in [-0.15, -0.1) is 0 Å². The number of carboxylic acids is 1. The van der Waals surface area contributed by atoms with Gasteiger partial charge in [0, 0.05) is 13.2 Å². The molecular weight excluding hydrogens is 228 g/mol. The minimum Gasteiger partial charge on any atom is -0.481 e. The van der Waals surface area contributed by atoms with Crippen LogP contribution >= 0.6 is 0 Å². The number of rotatable bonds is 7. The molecule has 1 aliphatic carbocycles. The van der Waals surface area contributed by atoms with Crippen LogP contribution in [-0.2, 0) is 9.53 Å². The second kappa shape index (κ2) is 7.78. The van der Waals surface area contributed by atoms with Crippen LogP contribution in [0.1, 0.15) is 65.2 Å². The van der Waals surface area contributed by atoms with E-state index in [2.05, 4.69) is 13.8 Å². The van der Waals surface area contributed by atoms with Crippen molar-refractivity contribution in [1.29, 1.82) is 0 Å². The molecule has 1 N–H and O–H groups in total. The highest BCUT2D eigenvalue weighted by atomic mass is 16.5. The first-order chi connectivity index (χ1) is 8.57. The quantitative estimate of drug-likeness (QED) is 0.555. The minimum absolute atomic E-state index is 0.506. The summed E-state index contributed by atoms with van der Waals surface area (Å²) in [5.41, 5.74) is -0.506. The molecule has 0 heterocycles. The zero-order chi connectivity index (χ0) is 13.4. The molecule has 0 unspecified atom stereocenters. The SMILES string of the molecule is CC(C)CCOCCC1(C(=O)O)CCCCCC1. The molecule has 1 rings (SSSR count). The van der Waals surface area contributed by atoms with Crippen molar-refractivity contribution >= 4 is 5.97 Å². The lowest BCUT2D eigenvalue weighted by Gasteiger charge is -2.27. The van der Waals surface area contributed by atoms with E-state index >= 15 is 0 Å². The topological polar surface area (TPSA) is 46.5 Å². The van der Waals surface area contributed by atoms with E-state index in [1.54, 1.807) is 0 Å². The number of aliphatic carboxylic acids is 1. The van der Waals surface area contributed by atoms with Crippen molar-refractivity contribution in [2.75, 3.05) is 13.2 Å². The zero-order valence-electron chi connectivity index (χ0n) is 11.9. The number of ether oxygens (including phenoxy) is 1. The first-order valence-corrected chi connectivity index (χ1v) is 7.38. The molecule has 1 aliphatic rings. The van der Waals surface area contributed by atoms with Gasteiger partial charge in [-0.2, -0.15) is 0 Å². The predicted molar refractivity (Wildman–Crippen MR) is 72.7 cm³/mol. The van der Waals surface area contributed by atoms with Crippen LogP contribution in [0.5, 0.6) is 0 Å². The summed E-state index contributed by atoms with van der Waals surface area (Å²) in [6, 6.07) is 0. The maximum absolute atomic E-state index is 11.5. The smallest absolute Gasteiger partial charge is 0.309 e. The Balaban J connectivity index is 2.35. The molecule has 0 aliphatic heterocycles. The molecule has 0 spiro atoms. The predicted octanol–water partition coefficient (Wildman–Crippen LogP) is 3.86. The summed E-state index contributed by atoms with van der Waals surface area (Å²) in [5.74, 6) is 0.0353. The molecule has 0 radical (unpaired) electrons. The third kappa shape index (κ3) is 4.97. The van der Waals surface area contributed by atoms with Gasteiger partial charge in [0.25, 0.3) is 0 Å². The average Bonchev–Trinajstić information content (AvgIpc) is 2.54. The van der Waals surface area contributed by atoms with Gasteiger partial charge in [-0.05, 0) is 31.6 Å². The second-order valence-electron chi connectivity index (χ2n) is 6.04. The van der Waals surface area contributed by atoms with Crippen molar-refractivity contribution in [1.82, 2.24) is 0 Å². The standard InChI is InChI=1S/C15H28O3/c1-13(2)7-11-18-12-10-15(14(16)17)8-5-3-4-6-9-15/h13H,3-12H2,1-2H3,(H,16,17). The molecule has 18 heavy (non-hydrogen) atoms. The Morgan fingerprint density at radius 2 is 1.78 bits per heavy atom. The molecule has 106 valence electrons. The van der Waals surface area contributed by atoms with Crippen molar-refractivity contribution in [3.8, 4) is 0 Å². The number of carbonyl (C=O) groups is 1. The molecule has 0 bridgehead atoms. The van der Waals surface area contributed by atoms with Gasteiger partial charge in [0.2, 0.25) is 0 Å². The van der Waals surface area contributed by atoms with E-state index in [4.69, 9.17) is 4.74 Å². The van der Waals surface area contributed by atoms with Crippen molar-refractivity contribution < 1.29 is 14.6 Å². The first kappa shape index (κ1) is 15.5. The summed E-state index contributed by atoms with van der Waals surface area (Å²) in [6.07, 6.45) is 7.87. The molecule has 3 heteroatoms. The van der Waals surface area contributed by atoms with Gasteiger partial charge >= 0.3 is 5.97 Å². The normalized spacial score (nSPS) is 19.7. The zero-order valence-corrected chi connectivity index (χ0v) is 11.9. The average molecular weight is 256 g/mol. The van der Waals surface area contributed by atoms with Gasteiger partial charge in [-0.3, -0.25) is 4.79 Å². The monoisotopic (exact) mass is 256 g/mol. The van der Waals surface area contributed by atoms with Crippen molar-refractivity contribution in [3.63, 3.8) is 0 Å². The molecular formula is C15H28O3. The Morgan fingerprint density at radius 3 is 2.28 bits per heavy atom. The highest BCUT2D eigenvalue weighted by Gasteiger charge is 2.38. The maximum atomic E-state index is 11.5. The molecule has 0 aromatic rings. The van der Waals surface area contributed by atoms with Gasteiger partial charge in [-0.1, -0.05) is 39.5 Å². The summed E-state index contributed by atoms with van der Waals surface area (Å²) in [5, 5.41) is 9.50. The molecule has 0 atom stereocenters. The molecule has 0 amide bonds. The van der Waals surface area contributed by atoms with Crippen LogP contribution in [0.25, 0.3) is 0 Å². The Bertz CT molecular complexity index is 240. The molecule has 3 nitrogen and oxygen atoms in total. The van der Waals surface area contributed by atoms with Crippen molar-refractivity contribution in [2.24, 2.45) is 11.3 Å². The van der Waals surface area contributed by atoms with Crippen LogP contribution in [0.15, 0.2) is 0 Å². The second-order valence-corrected chi connectivity index (χ2v) is 6.04. The highest BCUT2D eigenvalue weighted by Crippen LogP contribution is 2.38. The van der Waals surface area contributed by atoms with Crippen LogP contribution < -0.4 is 0 Å². The van der Waals surface area contributed by atoms with Crippen molar-refractivity contribution in [3.05, 3.63) is 0 Å². The van der Waals surface area contributed by atoms with Gasteiger partial charge in [0.1, 0.15) is 0 Å². The lowest BCUT2D eigenvalue weighted by molar-refractivity contribution is -0.151. The number of hydrogen-bond donors (Lipinski definition) is 1. The minimum atomic E-state index is -0.614. The molecule has 1 fully saturated rings. The summed E-state index contributed by atoms with van der Waals surface area (Å²) in [7, 11) is 0. The molecule has 0 aromatic heterocycles. The summed E-state index contributed by atoms with van der Waals surface area (Å²) in [4.78, 5) is 11.5. The molecule has 0 aromatic carbocycles. The van der Waals surface area contributed by atoms with Crippen LogP contribution in [0.3, 0.4) is 0 Å². The third-order valence-corrected chi connectivity index (χ3v) is 4.08. The van der Waals surface area contributed by atoms with Crippen LogP contribution in [0, 0.1) is 11.3 Å². The van der Waals surface area contributed by atoms with E-state index in [1.807, 2.05) is 0 Å². The molecule has 0 saturated heterocycles. The first-order valence-electron chi connectivity index (χ1n) is 7.38. The number of carboxylic acid groups (broad SMARTS) is 1. The van der Waals surface area contributed by atoms with E-state index < -0.39 is 11.4 Å². The maximum Gasteiger partial charge on any atom is 0.309 e. The Labute approximate surface area is 111 Å². The fraction of sp³-hybridized carbons (Fsp3) is 0.933. The van der Waals surface area contributed by atoms with Gasteiger partial charge in [0.15, 0.2) is 0 Å². The van der Waals surface area contributed by atoms with Gasteiger partial charge < -0.3 is 9.84 Å². The fourth-order valence-electron chi connectivity index (χ4n) is 2.66. The fourth-order valence-corrected chi connectivity index (χ4v) is 2.66. The number of hydrogen-bond acceptors (Lipinski definition) is 2. The summed E-state index contributed by atoms with van der Waals surface area (Å²) in [6.45, 7) is 5.70. The Morgan fingerprint density at radius 1 is 1.17 bits per heavy atom. The van der Waals surface area contributed by atoms with E-state index in [0.29, 0.717) is 18.9 Å². The Hall–Kier alpha value is -0.570. The van der Waals surface area contributed by atoms with E-state index in [9.17, 15) is 9.90 Å². The van der Waals surface area contributed by atoms with E-state index in [1.165, 1.54) is 12.8 Å². The van der Waals surface area contributed by atoms with Crippen LogP contribution in [-0.4, -0.2) is 24.3 Å². The largest absolute Gasteiger partial charge is 0.481 e. The van der Waals surface area contributed by atoms with Gasteiger partial charge in [-0.25, -0.2) is 0 Å². The lowest BCUT2D eigenvalue weighted by Crippen LogP contribution is -2.32. The third-order valence-electron chi connectivity index (χ3n) is 4.08. The summed E-state index contributed by atoms with van der Waals surface area (Å²) >= 11 is 0. The van der Waals surface area contributed by atoms with Crippen LogP contribution in [0.4, 0.5) is 0 Å². The van der Waals surface area contributed by atoms with Crippen LogP contribution in [0.2, 0.25) is 0 Å². The Kier molecular flexibility index (Phi) is 6.69.